The predicted molar refractivity (Wildman–Crippen MR) is 87.5 cm³/mol. The molecule has 120 valence electrons. The Morgan fingerprint density at radius 3 is 2.55 bits per heavy atom. The summed E-state index contributed by atoms with van der Waals surface area (Å²) in [6.07, 6.45) is 4.34. The highest BCUT2D eigenvalue weighted by Crippen LogP contribution is 2.44. The Kier molecular flexibility index (Phi) is 4.44. The zero-order valence-electron chi connectivity index (χ0n) is 12.7. The molecule has 0 unspecified atom stereocenters. The number of hydrogen-bond donors (Lipinski definition) is 1. The highest BCUT2D eigenvalue weighted by atomic mass is 35.5. The predicted octanol–water partition coefficient (Wildman–Crippen LogP) is 2.32. The third-order valence-electron chi connectivity index (χ3n) is 5.36. The van der Waals surface area contributed by atoms with Crippen molar-refractivity contribution in [2.24, 2.45) is 0 Å². The molecule has 3 heterocycles. The van der Waals surface area contributed by atoms with E-state index in [1.807, 2.05) is 18.2 Å². The fraction of sp³-hybridized carbons (Fsp3) is 0.588. The van der Waals surface area contributed by atoms with Gasteiger partial charge < -0.3 is 10.1 Å². The molecule has 4 rings (SSSR count). The van der Waals surface area contributed by atoms with Crippen molar-refractivity contribution in [1.29, 1.82) is 0 Å². The first-order valence-electron chi connectivity index (χ1n) is 8.06. The van der Waals surface area contributed by atoms with Gasteiger partial charge in [-0.2, -0.15) is 0 Å². The Morgan fingerprint density at radius 2 is 1.82 bits per heavy atom. The standard InChI is InChI=1S/C17H22N2O2.ClH/c20-16-14-3-1-2-4-15(14)17(21-16)7-11-19(12-8-17)13-5-9-18-10-6-13;/h1-4,13,18H,5-12H2;1H. The topological polar surface area (TPSA) is 41.6 Å². The van der Waals surface area contributed by atoms with Crippen molar-refractivity contribution < 1.29 is 9.53 Å². The summed E-state index contributed by atoms with van der Waals surface area (Å²) in [5, 5.41) is 3.43. The van der Waals surface area contributed by atoms with E-state index < -0.39 is 0 Å². The number of ether oxygens (including phenoxy) is 1. The van der Waals surface area contributed by atoms with Gasteiger partial charge in [0.25, 0.3) is 0 Å². The van der Waals surface area contributed by atoms with Gasteiger partial charge in [0, 0.05) is 37.5 Å². The normalized spacial score (nSPS) is 24.6. The maximum absolute atomic E-state index is 12.1. The third kappa shape index (κ3) is 2.53. The number of nitrogens with one attached hydrogen (secondary N) is 1. The molecule has 4 nitrogen and oxygen atoms in total. The van der Waals surface area contributed by atoms with Gasteiger partial charge in [-0.3, -0.25) is 4.90 Å². The van der Waals surface area contributed by atoms with Gasteiger partial charge in [0.15, 0.2) is 0 Å². The third-order valence-corrected chi connectivity index (χ3v) is 5.36. The molecule has 22 heavy (non-hydrogen) atoms. The Bertz CT molecular complexity index is 549. The SMILES string of the molecule is Cl.O=C1OC2(CCN(C3CCNCC3)CC2)c2ccccc21. The Labute approximate surface area is 137 Å². The van der Waals surface area contributed by atoms with Crippen LogP contribution in [0.4, 0.5) is 0 Å². The molecule has 1 aromatic carbocycles. The second kappa shape index (κ2) is 6.19. The minimum Gasteiger partial charge on any atom is -0.450 e. The van der Waals surface area contributed by atoms with Gasteiger partial charge in [0.2, 0.25) is 0 Å². The van der Waals surface area contributed by atoms with Gasteiger partial charge in [-0.1, -0.05) is 18.2 Å². The molecule has 5 heteroatoms. The first kappa shape index (κ1) is 15.8. The van der Waals surface area contributed by atoms with E-state index in [4.69, 9.17) is 4.74 Å². The lowest BCUT2D eigenvalue weighted by molar-refractivity contribution is -0.0509. The van der Waals surface area contributed by atoms with E-state index >= 15 is 0 Å². The smallest absolute Gasteiger partial charge is 0.339 e. The molecule has 0 radical (unpaired) electrons. The van der Waals surface area contributed by atoms with Crippen LogP contribution in [0.25, 0.3) is 0 Å². The lowest BCUT2D eigenvalue weighted by Crippen LogP contribution is -2.50. The van der Waals surface area contributed by atoms with Crippen molar-refractivity contribution in [2.75, 3.05) is 26.2 Å². The van der Waals surface area contributed by atoms with Crippen molar-refractivity contribution >= 4 is 18.4 Å². The van der Waals surface area contributed by atoms with Gasteiger partial charge in [0.05, 0.1) is 5.56 Å². The lowest BCUT2D eigenvalue weighted by Gasteiger charge is -2.43. The first-order chi connectivity index (χ1) is 10.3. The lowest BCUT2D eigenvalue weighted by atomic mass is 9.83. The maximum atomic E-state index is 12.1. The maximum Gasteiger partial charge on any atom is 0.339 e. The Balaban J connectivity index is 0.00000144. The molecule has 0 atom stereocenters. The van der Waals surface area contributed by atoms with Gasteiger partial charge >= 0.3 is 5.97 Å². The van der Waals surface area contributed by atoms with Crippen LogP contribution in [0.3, 0.4) is 0 Å². The largest absolute Gasteiger partial charge is 0.450 e. The summed E-state index contributed by atoms with van der Waals surface area (Å²) in [5.41, 5.74) is 1.53. The molecule has 1 N–H and O–H groups in total. The molecule has 2 saturated heterocycles. The van der Waals surface area contributed by atoms with Crippen molar-refractivity contribution in [2.45, 2.75) is 37.3 Å². The summed E-state index contributed by atoms with van der Waals surface area (Å²) in [4.78, 5) is 14.7. The Hall–Kier alpha value is -1.10. The number of benzene rings is 1. The second-order valence-electron chi connectivity index (χ2n) is 6.45. The monoisotopic (exact) mass is 322 g/mol. The van der Waals surface area contributed by atoms with Gasteiger partial charge in [-0.05, 0) is 32.0 Å². The Morgan fingerprint density at radius 1 is 1.14 bits per heavy atom. The molecule has 0 saturated carbocycles. The average molecular weight is 323 g/mol. The highest BCUT2D eigenvalue weighted by Gasteiger charge is 2.47. The molecule has 1 aromatic rings. The fourth-order valence-corrected chi connectivity index (χ4v) is 4.14. The number of halogens is 1. The number of carbonyl (C=O) groups excluding carboxylic acids is 1. The molecule has 0 aliphatic carbocycles. The van der Waals surface area contributed by atoms with Crippen molar-refractivity contribution in [3.63, 3.8) is 0 Å². The molecule has 0 aromatic heterocycles. The first-order valence-corrected chi connectivity index (χ1v) is 8.06. The van der Waals surface area contributed by atoms with E-state index in [1.165, 1.54) is 12.8 Å². The summed E-state index contributed by atoms with van der Waals surface area (Å²) >= 11 is 0. The van der Waals surface area contributed by atoms with E-state index in [0.717, 1.165) is 50.1 Å². The minimum atomic E-state index is -0.350. The van der Waals surface area contributed by atoms with Gasteiger partial charge in [0.1, 0.15) is 5.60 Å². The van der Waals surface area contributed by atoms with Crippen LogP contribution in [0.5, 0.6) is 0 Å². The molecule has 1 spiro atoms. The van der Waals surface area contributed by atoms with Crippen LogP contribution in [-0.4, -0.2) is 43.1 Å². The van der Waals surface area contributed by atoms with Crippen molar-refractivity contribution in [1.82, 2.24) is 10.2 Å². The van der Waals surface area contributed by atoms with Gasteiger partial charge in [-0.25, -0.2) is 4.79 Å². The van der Waals surface area contributed by atoms with Crippen LogP contribution in [0, 0.1) is 0 Å². The van der Waals surface area contributed by atoms with E-state index in [9.17, 15) is 4.79 Å². The molecular formula is C17H23ClN2O2. The second-order valence-corrected chi connectivity index (χ2v) is 6.45. The van der Waals surface area contributed by atoms with Crippen LogP contribution >= 0.6 is 12.4 Å². The minimum absolute atomic E-state index is 0. The summed E-state index contributed by atoms with van der Waals surface area (Å²) in [7, 11) is 0. The number of hydrogen-bond acceptors (Lipinski definition) is 4. The van der Waals surface area contributed by atoms with Crippen molar-refractivity contribution in [3.05, 3.63) is 35.4 Å². The van der Waals surface area contributed by atoms with Crippen LogP contribution in [0.15, 0.2) is 24.3 Å². The molecule has 0 amide bonds. The highest BCUT2D eigenvalue weighted by molar-refractivity contribution is 5.94. The summed E-state index contributed by atoms with van der Waals surface area (Å²) < 4.78 is 5.82. The quantitative estimate of drug-likeness (QED) is 0.806. The molecular weight excluding hydrogens is 300 g/mol. The number of fused-ring (bicyclic) bond motifs is 2. The summed E-state index contributed by atoms with van der Waals surface area (Å²) in [5.74, 6) is -0.138. The number of likely N-dealkylation sites (tertiary alicyclic amines) is 1. The van der Waals surface area contributed by atoms with Crippen molar-refractivity contribution in [3.8, 4) is 0 Å². The average Bonchev–Trinajstić information content (AvgIpc) is 2.82. The molecule has 2 fully saturated rings. The van der Waals surface area contributed by atoms with E-state index in [-0.39, 0.29) is 24.0 Å². The van der Waals surface area contributed by atoms with E-state index in [1.54, 1.807) is 0 Å². The zero-order chi connectivity index (χ0) is 14.3. The molecule has 0 bridgehead atoms. The summed E-state index contributed by atoms with van der Waals surface area (Å²) in [6, 6.07) is 8.60. The van der Waals surface area contributed by atoms with Crippen LogP contribution in [0.2, 0.25) is 0 Å². The van der Waals surface area contributed by atoms with E-state index in [0.29, 0.717) is 6.04 Å². The number of piperidine rings is 2. The number of esters is 1. The van der Waals surface area contributed by atoms with E-state index in [2.05, 4.69) is 16.3 Å². The number of nitrogens with zero attached hydrogens (tertiary/aromatic N) is 1. The van der Waals surface area contributed by atoms with Crippen LogP contribution in [-0.2, 0) is 10.3 Å². The fourth-order valence-electron chi connectivity index (χ4n) is 4.14. The van der Waals surface area contributed by atoms with Gasteiger partial charge in [-0.15, -0.1) is 12.4 Å². The van der Waals surface area contributed by atoms with Crippen LogP contribution < -0.4 is 5.32 Å². The number of carbonyl (C=O) groups is 1. The molecule has 3 aliphatic rings. The number of rotatable bonds is 1. The zero-order valence-corrected chi connectivity index (χ0v) is 13.5. The summed E-state index contributed by atoms with van der Waals surface area (Å²) in [6.45, 7) is 4.33. The molecule has 3 aliphatic heterocycles. The van der Waals surface area contributed by atoms with Crippen LogP contribution in [0.1, 0.15) is 41.6 Å².